The third-order valence-electron chi connectivity index (χ3n) is 1.29. The Labute approximate surface area is 70.7 Å². The topological polar surface area (TPSA) is 82.0 Å². The van der Waals surface area contributed by atoms with Crippen LogP contribution in [0.4, 0.5) is 0 Å². The van der Waals surface area contributed by atoms with Crippen LogP contribution in [0.15, 0.2) is 0 Å². The molecule has 0 fully saturated rings. The van der Waals surface area contributed by atoms with Crippen LogP contribution < -0.4 is 10.6 Å². The molecule has 0 aromatic carbocycles. The van der Waals surface area contributed by atoms with Crippen molar-refractivity contribution in [3.63, 3.8) is 0 Å². The van der Waals surface area contributed by atoms with E-state index in [4.69, 9.17) is 5.26 Å². The van der Waals surface area contributed by atoms with Crippen LogP contribution in [0.3, 0.4) is 0 Å². The zero-order chi connectivity index (χ0) is 9.56. The van der Waals surface area contributed by atoms with Crippen molar-refractivity contribution in [1.82, 2.24) is 10.6 Å². The van der Waals surface area contributed by atoms with Gasteiger partial charge in [0.1, 0.15) is 5.92 Å². The van der Waals surface area contributed by atoms with E-state index >= 15 is 0 Å². The van der Waals surface area contributed by atoms with E-state index in [9.17, 15) is 9.59 Å². The lowest BCUT2D eigenvalue weighted by Gasteiger charge is -2.04. The molecule has 0 heterocycles. The molecule has 0 aromatic rings. The summed E-state index contributed by atoms with van der Waals surface area (Å²) in [6.45, 7) is 1.39. The first-order valence-electron chi connectivity index (χ1n) is 3.49. The van der Waals surface area contributed by atoms with Gasteiger partial charge in [-0.2, -0.15) is 5.26 Å². The maximum Gasteiger partial charge on any atom is 0.239 e. The summed E-state index contributed by atoms with van der Waals surface area (Å²) in [6, 6.07) is 1.76. The highest BCUT2D eigenvalue weighted by Gasteiger charge is 2.11. The summed E-state index contributed by atoms with van der Waals surface area (Å²) in [5, 5.41) is 13.0. The molecule has 66 valence electrons. The van der Waals surface area contributed by atoms with Crippen molar-refractivity contribution < 1.29 is 9.59 Å². The fourth-order valence-corrected chi connectivity index (χ4v) is 0.468. The van der Waals surface area contributed by atoms with Crippen molar-refractivity contribution >= 4 is 11.8 Å². The van der Waals surface area contributed by atoms with Crippen molar-refractivity contribution in [1.29, 1.82) is 5.26 Å². The molecule has 1 unspecified atom stereocenters. The molecular weight excluding hydrogens is 158 g/mol. The second-order valence-electron chi connectivity index (χ2n) is 2.24. The molecule has 5 heteroatoms. The summed E-state index contributed by atoms with van der Waals surface area (Å²) < 4.78 is 0. The summed E-state index contributed by atoms with van der Waals surface area (Å²) >= 11 is 0. The van der Waals surface area contributed by atoms with E-state index < -0.39 is 11.8 Å². The molecule has 0 radical (unpaired) electrons. The Kier molecular flexibility index (Phi) is 4.46. The number of likely N-dealkylation sites (N-methyl/N-ethyl adjacent to an activating group) is 1. The number of hydrogen-bond acceptors (Lipinski definition) is 3. The lowest BCUT2D eigenvalue weighted by atomic mass is 10.2. The summed E-state index contributed by atoms with van der Waals surface area (Å²) in [6.07, 6.45) is 0. The first-order valence-corrected chi connectivity index (χ1v) is 3.49. The van der Waals surface area contributed by atoms with Crippen LogP contribution >= 0.6 is 0 Å². The van der Waals surface area contributed by atoms with Crippen molar-refractivity contribution in [3.8, 4) is 6.07 Å². The Bertz CT molecular complexity index is 219. The van der Waals surface area contributed by atoms with Gasteiger partial charge in [-0.15, -0.1) is 0 Å². The van der Waals surface area contributed by atoms with E-state index in [0.717, 1.165) is 0 Å². The zero-order valence-corrected chi connectivity index (χ0v) is 7.05. The van der Waals surface area contributed by atoms with Crippen molar-refractivity contribution in [2.24, 2.45) is 5.92 Å². The quantitative estimate of drug-likeness (QED) is 0.569. The van der Waals surface area contributed by atoms with E-state index in [-0.39, 0.29) is 12.5 Å². The number of rotatable bonds is 3. The van der Waals surface area contributed by atoms with Crippen LogP contribution in [-0.4, -0.2) is 25.4 Å². The van der Waals surface area contributed by atoms with Crippen LogP contribution in [0.2, 0.25) is 0 Å². The van der Waals surface area contributed by atoms with Crippen LogP contribution in [0.25, 0.3) is 0 Å². The molecule has 1 atom stereocenters. The molecule has 0 aliphatic carbocycles. The van der Waals surface area contributed by atoms with Gasteiger partial charge in [-0.25, -0.2) is 0 Å². The Balaban J connectivity index is 3.73. The lowest BCUT2D eigenvalue weighted by Crippen LogP contribution is -2.37. The normalized spacial score (nSPS) is 11.1. The molecule has 5 nitrogen and oxygen atoms in total. The highest BCUT2D eigenvalue weighted by molar-refractivity contribution is 5.86. The molecule has 0 saturated carbocycles. The largest absolute Gasteiger partial charge is 0.358 e. The monoisotopic (exact) mass is 169 g/mol. The smallest absolute Gasteiger partial charge is 0.239 e. The first-order chi connectivity index (χ1) is 5.61. The summed E-state index contributed by atoms with van der Waals surface area (Å²) in [5.74, 6) is -1.43. The van der Waals surface area contributed by atoms with Gasteiger partial charge in [0.15, 0.2) is 0 Å². The maximum atomic E-state index is 10.9. The van der Waals surface area contributed by atoms with Gasteiger partial charge in [0.05, 0.1) is 12.6 Å². The molecule has 0 aliphatic heterocycles. The van der Waals surface area contributed by atoms with Crippen LogP contribution in [0, 0.1) is 17.2 Å². The fourth-order valence-electron chi connectivity index (χ4n) is 0.468. The van der Waals surface area contributed by atoms with E-state index in [2.05, 4.69) is 10.6 Å². The average molecular weight is 169 g/mol. The minimum Gasteiger partial charge on any atom is -0.358 e. The highest BCUT2D eigenvalue weighted by Crippen LogP contribution is 1.89. The third-order valence-corrected chi connectivity index (χ3v) is 1.29. The van der Waals surface area contributed by atoms with E-state index in [1.54, 1.807) is 6.07 Å². The van der Waals surface area contributed by atoms with E-state index in [1.165, 1.54) is 14.0 Å². The van der Waals surface area contributed by atoms with Crippen molar-refractivity contribution in [2.45, 2.75) is 6.92 Å². The minimum absolute atomic E-state index is 0.0820. The van der Waals surface area contributed by atoms with Gasteiger partial charge in [-0.05, 0) is 6.92 Å². The fraction of sp³-hybridized carbons (Fsp3) is 0.571. The molecule has 2 N–H and O–H groups in total. The van der Waals surface area contributed by atoms with Crippen molar-refractivity contribution in [3.05, 3.63) is 0 Å². The summed E-state index contributed by atoms with van der Waals surface area (Å²) in [5.41, 5.74) is 0. The predicted octanol–water partition coefficient (Wildman–Crippen LogP) is -0.992. The van der Waals surface area contributed by atoms with E-state index in [1.807, 2.05) is 0 Å². The van der Waals surface area contributed by atoms with E-state index in [0.29, 0.717) is 0 Å². The van der Waals surface area contributed by atoms with Crippen molar-refractivity contribution in [2.75, 3.05) is 13.6 Å². The second-order valence-corrected chi connectivity index (χ2v) is 2.24. The van der Waals surface area contributed by atoms with Gasteiger partial charge < -0.3 is 10.6 Å². The van der Waals surface area contributed by atoms with Crippen LogP contribution in [0.1, 0.15) is 6.92 Å². The van der Waals surface area contributed by atoms with Gasteiger partial charge in [-0.3, -0.25) is 9.59 Å². The molecule has 0 saturated heterocycles. The zero-order valence-electron chi connectivity index (χ0n) is 7.05. The molecular formula is C7H11N3O2. The Morgan fingerprint density at radius 2 is 2.17 bits per heavy atom. The molecule has 0 rings (SSSR count). The molecule has 0 spiro atoms. The van der Waals surface area contributed by atoms with Crippen LogP contribution in [0.5, 0.6) is 0 Å². The maximum absolute atomic E-state index is 10.9. The van der Waals surface area contributed by atoms with Gasteiger partial charge in [0.25, 0.3) is 0 Å². The molecule has 12 heavy (non-hydrogen) atoms. The Hall–Kier alpha value is -1.57. The first kappa shape index (κ1) is 10.4. The molecule has 2 amide bonds. The highest BCUT2D eigenvalue weighted by atomic mass is 16.2. The number of nitrogens with zero attached hydrogens (tertiary/aromatic N) is 1. The number of nitriles is 1. The van der Waals surface area contributed by atoms with Gasteiger partial charge in [0, 0.05) is 7.05 Å². The number of hydrogen-bond donors (Lipinski definition) is 2. The predicted molar refractivity (Wildman–Crippen MR) is 41.9 cm³/mol. The van der Waals surface area contributed by atoms with Gasteiger partial charge in [-0.1, -0.05) is 0 Å². The second kappa shape index (κ2) is 5.13. The molecule has 0 aliphatic rings. The average Bonchev–Trinajstić information content (AvgIpc) is 2.11. The SMILES string of the molecule is CNC(=O)CNC(=O)C(C)C#N. The number of carbonyl (C=O) groups excluding carboxylic acids is 2. The van der Waals surface area contributed by atoms with Gasteiger partial charge >= 0.3 is 0 Å². The molecule has 0 aromatic heterocycles. The Morgan fingerprint density at radius 1 is 1.58 bits per heavy atom. The van der Waals surface area contributed by atoms with Gasteiger partial charge in [0.2, 0.25) is 11.8 Å². The minimum atomic E-state index is -0.713. The summed E-state index contributed by atoms with van der Waals surface area (Å²) in [4.78, 5) is 21.5. The number of carbonyl (C=O) groups is 2. The standard InChI is InChI=1S/C7H11N3O2/c1-5(3-8)7(12)10-4-6(11)9-2/h5H,4H2,1-2H3,(H,9,11)(H,10,12). The Morgan fingerprint density at radius 3 is 2.58 bits per heavy atom. The summed E-state index contributed by atoms with van der Waals surface area (Å²) in [7, 11) is 1.47. The third kappa shape index (κ3) is 3.56. The lowest BCUT2D eigenvalue weighted by molar-refractivity contribution is -0.127. The molecule has 0 bridgehead atoms. The number of amides is 2. The number of nitrogens with one attached hydrogen (secondary N) is 2. The van der Waals surface area contributed by atoms with Crippen LogP contribution in [-0.2, 0) is 9.59 Å².